The van der Waals surface area contributed by atoms with Crippen LogP contribution in [-0.4, -0.2) is 37.5 Å². The van der Waals surface area contributed by atoms with E-state index in [1.54, 1.807) is 48.5 Å². The van der Waals surface area contributed by atoms with Gasteiger partial charge in [0, 0.05) is 23.0 Å². The van der Waals surface area contributed by atoms with Crippen molar-refractivity contribution in [3.8, 4) is 11.4 Å². The molecule has 0 spiro atoms. The Hall–Kier alpha value is -4.53. The summed E-state index contributed by atoms with van der Waals surface area (Å²) in [4.78, 5) is 21.1. The molecule has 1 amide bonds. The van der Waals surface area contributed by atoms with Gasteiger partial charge in [-0.3, -0.25) is 10.2 Å². The van der Waals surface area contributed by atoms with Crippen LogP contribution in [0.5, 0.6) is 5.75 Å². The fraction of sp³-hybridized carbons (Fsp3) is 0.125. The quantitative estimate of drug-likeness (QED) is 0.296. The minimum atomic E-state index is -0.357. The molecule has 0 aliphatic rings. The second-order valence-electron chi connectivity index (χ2n) is 7.53. The van der Waals surface area contributed by atoms with Gasteiger partial charge < -0.3 is 15.8 Å². The van der Waals surface area contributed by atoms with Gasteiger partial charge in [0.05, 0.1) is 23.1 Å². The molecule has 0 saturated carbocycles. The molecular weight excluding hydrogens is 418 g/mol. The Labute approximate surface area is 190 Å². The predicted octanol–water partition coefficient (Wildman–Crippen LogP) is 3.70. The van der Waals surface area contributed by atoms with E-state index in [-0.39, 0.29) is 17.7 Å². The van der Waals surface area contributed by atoms with Crippen LogP contribution in [0.25, 0.3) is 5.69 Å². The van der Waals surface area contributed by atoms with Gasteiger partial charge in [0.25, 0.3) is 5.91 Å². The second kappa shape index (κ2) is 9.31. The second-order valence-corrected chi connectivity index (χ2v) is 7.53. The van der Waals surface area contributed by atoms with Crippen LogP contribution in [0.4, 0.5) is 11.5 Å². The molecule has 2 aromatic carbocycles. The molecule has 0 bridgehead atoms. The van der Waals surface area contributed by atoms with Gasteiger partial charge in [-0.25, -0.2) is 14.6 Å². The Kier molecular flexibility index (Phi) is 6.12. The summed E-state index contributed by atoms with van der Waals surface area (Å²) in [5, 5.41) is 15.6. The Morgan fingerprint density at radius 1 is 1.12 bits per heavy atom. The first-order valence-electron chi connectivity index (χ1n) is 10.3. The number of ether oxygens (including phenoxy) is 1. The molecule has 0 atom stereocenters. The highest BCUT2D eigenvalue weighted by molar-refractivity contribution is 6.14. The number of carbonyl (C=O) groups is 1. The third-order valence-corrected chi connectivity index (χ3v) is 4.77. The predicted molar refractivity (Wildman–Crippen MR) is 126 cm³/mol. The number of rotatable bonds is 7. The highest BCUT2D eigenvalue weighted by Gasteiger charge is 2.16. The molecule has 33 heavy (non-hydrogen) atoms. The molecule has 0 aliphatic heterocycles. The number of pyridine rings is 1. The van der Waals surface area contributed by atoms with Crippen LogP contribution >= 0.6 is 0 Å². The Morgan fingerprint density at radius 2 is 1.94 bits per heavy atom. The lowest BCUT2D eigenvalue weighted by Gasteiger charge is -2.14. The number of aromatic nitrogens is 4. The fourth-order valence-corrected chi connectivity index (χ4v) is 3.29. The zero-order chi connectivity index (χ0) is 23.4. The molecule has 9 nitrogen and oxygen atoms in total. The maximum Gasteiger partial charge on any atom is 0.259 e. The standard InChI is InChI=1S/C24H23N7O2/c1-15(2)33-17-7-8-20(25)19(12-17)23(26)16-9-10-28-22(11-16)30-24(32)18-5-3-4-6-21(18)31-14-27-13-29-31/h3-15,26H,25H2,1-2H3,(H,28,30,32). The topological polar surface area (TPSA) is 132 Å². The largest absolute Gasteiger partial charge is 0.491 e. The lowest BCUT2D eigenvalue weighted by atomic mass is 10.0. The van der Waals surface area contributed by atoms with Crippen molar-refractivity contribution in [2.75, 3.05) is 11.1 Å². The number of nitrogens with two attached hydrogens (primary N) is 1. The summed E-state index contributed by atoms with van der Waals surface area (Å²) >= 11 is 0. The molecule has 166 valence electrons. The van der Waals surface area contributed by atoms with E-state index in [4.69, 9.17) is 15.9 Å². The number of anilines is 2. The average molecular weight is 441 g/mol. The maximum atomic E-state index is 13.0. The molecule has 0 unspecified atom stereocenters. The minimum Gasteiger partial charge on any atom is -0.491 e. The highest BCUT2D eigenvalue weighted by Crippen LogP contribution is 2.24. The van der Waals surface area contributed by atoms with Crippen LogP contribution < -0.4 is 15.8 Å². The molecular formula is C24H23N7O2. The van der Waals surface area contributed by atoms with Gasteiger partial charge in [-0.05, 0) is 56.3 Å². The van der Waals surface area contributed by atoms with Crippen molar-refractivity contribution in [3.05, 3.63) is 90.1 Å². The number of amides is 1. The van der Waals surface area contributed by atoms with Gasteiger partial charge in [-0.2, -0.15) is 5.10 Å². The number of carbonyl (C=O) groups excluding carboxylic acids is 1. The van der Waals surface area contributed by atoms with Crippen molar-refractivity contribution >= 4 is 23.1 Å². The number of nitrogens with one attached hydrogen (secondary N) is 2. The molecule has 4 rings (SSSR count). The first kappa shape index (κ1) is 21.7. The third-order valence-electron chi connectivity index (χ3n) is 4.77. The van der Waals surface area contributed by atoms with E-state index in [1.807, 2.05) is 19.9 Å². The fourth-order valence-electron chi connectivity index (χ4n) is 3.29. The monoisotopic (exact) mass is 441 g/mol. The number of benzene rings is 2. The molecule has 0 fully saturated rings. The van der Waals surface area contributed by atoms with Crippen LogP contribution in [0.1, 0.15) is 35.3 Å². The Balaban J connectivity index is 1.59. The molecule has 4 aromatic rings. The number of nitrogen functional groups attached to an aromatic ring is 1. The molecule has 0 radical (unpaired) electrons. The first-order chi connectivity index (χ1) is 15.9. The molecule has 2 aromatic heterocycles. The summed E-state index contributed by atoms with van der Waals surface area (Å²) in [7, 11) is 0. The zero-order valence-electron chi connectivity index (χ0n) is 18.2. The lowest BCUT2D eigenvalue weighted by Crippen LogP contribution is -2.16. The Morgan fingerprint density at radius 3 is 2.70 bits per heavy atom. The van der Waals surface area contributed by atoms with Crippen molar-refractivity contribution in [1.29, 1.82) is 5.41 Å². The maximum absolute atomic E-state index is 13.0. The summed E-state index contributed by atoms with van der Waals surface area (Å²) in [6.07, 6.45) is 4.46. The lowest BCUT2D eigenvalue weighted by molar-refractivity contribution is 0.102. The van der Waals surface area contributed by atoms with Gasteiger partial charge in [0.1, 0.15) is 24.2 Å². The van der Waals surface area contributed by atoms with Crippen LogP contribution in [0.3, 0.4) is 0 Å². The number of hydrogen-bond acceptors (Lipinski definition) is 7. The summed E-state index contributed by atoms with van der Waals surface area (Å²) < 4.78 is 7.25. The third kappa shape index (κ3) is 4.87. The molecule has 0 saturated heterocycles. The first-order valence-corrected chi connectivity index (χ1v) is 10.3. The molecule has 4 N–H and O–H groups in total. The van der Waals surface area contributed by atoms with Gasteiger partial charge in [0.15, 0.2) is 0 Å². The van der Waals surface area contributed by atoms with Crippen LogP contribution in [0, 0.1) is 5.41 Å². The average Bonchev–Trinajstić information content (AvgIpc) is 3.34. The van der Waals surface area contributed by atoms with Crippen molar-refractivity contribution in [2.24, 2.45) is 0 Å². The van der Waals surface area contributed by atoms with Gasteiger partial charge in [-0.1, -0.05) is 12.1 Å². The van der Waals surface area contributed by atoms with E-state index in [0.717, 1.165) is 0 Å². The highest BCUT2D eigenvalue weighted by atomic mass is 16.5. The normalized spacial score (nSPS) is 10.8. The van der Waals surface area contributed by atoms with Crippen molar-refractivity contribution in [2.45, 2.75) is 20.0 Å². The summed E-state index contributed by atoms with van der Waals surface area (Å²) in [6.45, 7) is 3.86. The van der Waals surface area contributed by atoms with E-state index in [9.17, 15) is 4.79 Å². The van der Waals surface area contributed by atoms with Crippen molar-refractivity contribution in [3.63, 3.8) is 0 Å². The number of para-hydroxylation sites is 1. The van der Waals surface area contributed by atoms with Crippen molar-refractivity contribution in [1.82, 2.24) is 19.7 Å². The van der Waals surface area contributed by atoms with E-state index in [0.29, 0.717) is 39.6 Å². The molecule has 2 heterocycles. The number of nitrogens with zero attached hydrogens (tertiary/aromatic N) is 4. The van der Waals surface area contributed by atoms with Gasteiger partial charge >= 0.3 is 0 Å². The smallest absolute Gasteiger partial charge is 0.259 e. The van der Waals surface area contributed by atoms with Gasteiger partial charge in [0.2, 0.25) is 0 Å². The summed E-state index contributed by atoms with van der Waals surface area (Å²) in [6, 6.07) is 15.6. The number of hydrogen-bond donors (Lipinski definition) is 3. The van der Waals surface area contributed by atoms with Crippen LogP contribution in [-0.2, 0) is 0 Å². The van der Waals surface area contributed by atoms with E-state index >= 15 is 0 Å². The van der Waals surface area contributed by atoms with E-state index in [1.165, 1.54) is 23.5 Å². The molecule has 0 aliphatic carbocycles. The van der Waals surface area contributed by atoms with Crippen LogP contribution in [0.15, 0.2) is 73.4 Å². The summed E-state index contributed by atoms with van der Waals surface area (Å²) in [5.41, 5.74) is 8.87. The zero-order valence-corrected chi connectivity index (χ0v) is 18.2. The van der Waals surface area contributed by atoms with Gasteiger partial charge in [-0.15, -0.1) is 0 Å². The Bertz CT molecular complexity index is 1300. The summed E-state index contributed by atoms with van der Waals surface area (Å²) in [5.74, 6) is 0.583. The van der Waals surface area contributed by atoms with E-state index < -0.39 is 0 Å². The van der Waals surface area contributed by atoms with Crippen molar-refractivity contribution < 1.29 is 9.53 Å². The molecule has 9 heteroatoms. The van der Waals surface area contributed by atoms with Crippen LogP contribution in [0.2, 0.25) is 0 Å². The SMILES string of the molecule is CC(C)Oc1ccc(N)c(C(=N)c2ccnc(NC(=O)c3ccccc3-n3cncn3)c2)c1. The van der Waals surface area contributed by atoms with E-state index in [2.05, 4.69) is 20.4 Å². The minimum absolute atomic E-state index is 0.00111.